The van der Waals surface area contributed by atoms with Gasteiger partial charge in [-0.05, 0) is 0 Å². The van der Waals surface area contributed by atoms with Crippen molar-refractivity contribution in [3.8, 4) is 0 Å². The van der Waals surface area contributed by atoms with Crippen molar-refractivity contribution >= 4 is 0 Å². The molecule has 0 aliphatic carbocycles. The van der Waals surface area contributed by atoms with Crippen LogP contribution in [0.3, 0.4) is 0 Å². The molecule has 0 bridgehead atoms. The van der Waals surface area contributed by atoms with Gasteiger partial charge in [0.1, 0.15) is 0 Å². The van der Waals surface area contributed by atoms with Crippen molar-refractivity contribution in [3.05, 3.63) is 0 Å². The van der Waals surface area contributed by atoms with Gasteiger partial charge in [-0.1, -0.05) is 0 Å². The fourth-order valence-corrected chi connectivity index (χ4v) is 0.595. The van der Waals surface area contributed by atoms with Crippen LogP contribution in [-0.4, -0.2) is 5.54 Å². The zero-order chi connectivity index (χ0) is 6.78. The second-order valence-corrected chi connectivity index (χ2v) is 3.39. The molecule has 47 valence electrons. The summed E-state index contributed by atoms with van der Waals surface area (Å²) >= 11 is 2.00. The minimum atomic E-state index is 0.292. The van der Waals surface area contributed by atoms with Crippen LogP contribution in [-0.2, 0) is 20.7 Å². The summed E-state index contributed by atoms with van der Waals surface area (Å²) in [6.45, 7) is 8.85. The summed E-state index contributed by atoms with van der Waals surface area (Å²) in [5.74, 6) is 0.701. The zero-order valence-corrected chi connectivity index (χ0v) is 7.64. The van der Waals surface area contributed by atoms with E-state index in [4.69, 9.17) is 0 Å². The molecule has 0 radical (unpaired) electrons. The third-order valence-corrected chi connectivity index (χ3v) is 2.77. The monoisotopic (exact) mass is 148 g/mol. The second-order valence-electron chi connectivity index (χ2n) is 3.00. The molecule has 0 aliphatic rings. The first kappa shape index (κ1) is 8.67. The molecule has 0 aromatic rings. The number of hydrogen-bond donors (Lipinski definition) is 1. The van der Waals surface area contributed by atoms with E-state index in [0.29, 0.717) is 11.5 Å². The molecule has 0 unspecified atom stereocenters. The van der Waals surface area contributed by atoms with Gasteiger partial charge in [0.05, 0.1) is 0 Å². The van der Waals surface area contributed by atoms with Crippen LogP contribution in [0.1, 0.15) is 27.7 Å². The Bertz CT molecular complexity index is 68.9. The van der Waals surface area contributed by atoms with E-state index in [9.17, 15) is 0 Å². The Hall–Kier alpha value is 0.674. The third kappa shape index (κ3) is 2.30. The Balaban J connectivity index is 3.71. The van der Waals surface area contributed by atoms with Crippen molar-refractivity contribution in [2.24, 2.45) is 5.92 Å². The van der Waals surface area contributed by atoms with Gasteiger partial charge < -0.3 is 0 Å². The molecule has 1 nitrogen and oxygen atoms in total. The van der Waals surface area contributed by atoms with Crippen LogP contribution in [0, 0.1) is 5.92 Å². The molecule has 0 heterocycles. The molecule has 0 saturated carbocycles. The van der Waals surface area contributed by atoms with Crippen LogP contribution in [0.2, 0.25) is 0 Å². The number of rotatable bonds is 2. The van der Waals surface area contributed by atoms with Crippen molar-refractivity contribution in [2.75, 3.05) is 0 Å². The van der Waals surface area contributed by atoms with Crippen molar-refractivity contribution in [1.29, 1.82) is 0 Å². The van der Waals surface area contributed by atoms with Gasteiger partial charge in [-0.2, -0.15) is 0 Å². The van der Waals surface area contributed by atoms with Crippen molar-refractivity contribution in [1.82, 2.24) is 3.80 Å². The molecule has 0 aromatic carbocycles. The molecule has 0 saturated heterocycles. The van der Waals surface area contributed by atoms with E-state index in [0.717, 1.165) is 0 Å². The first-order chi connectivity index (χ1) is 3.50. The Morgan fingerprint density at radius 3 is 1.75 bits per heavy atom. The van der Waals surface area contributed by atoms with Crippen LogP contribution in [0.25, 0.3) is 0 Å². The summed E-state index contributed by atoms with van der Waals surface area (Å²) in [5, 5.41) is 0. The van der Waals surface area contributed by atoms with E-state index in [1.54, 1.807) is 0 Å². The molecule has 0 atom stereocenters. The van der Waals surface area contributed by atoms with E-state index in [1.807, 2.05) is 20.7 Å². The van der Waals surface area contributed by atoms with E-state index < -0.39 is 0 Å². The molecule has 0 spiro atoms. The van der Waals surface area contributed by atoms with E-state index in [1.165, 1.54) is 0 Å². The van der Waals surface area contributed by atoms with Gasteiger partial charge in [0.15, 0.2) is 0 Å². The van der Waals surface area contributed by atoms with Crippen LogP contribution in [0.4, 0.5) is 0 Å². The molecule has 1 N–H and O–H groups in total. The first-order valence-corrected chi connectivity index (χ1v) is 3.72. The van der Waals surface area contributed by atoms with Gasteiger partial charge in [0.2, 0.25) is 0 Å². The fraction of sp³-hybridized carbons (Fsp3) is 1.00. The van der Waals surface area contributed by atoms with Gasteiger partial charge in [0, 0.05) is 0 Å². The van der Waals surface area contributed by atoms with Crippen LogP contribution < -0.4 is 3.80 Å². The van der Waals surface area contributed by atoms with Crippen LogP contribution in [0.15, 0.2) is 0 Å². The quantitative estimate of drug-likeness (QED) is 0.584. The standard InChI is InChI=1S/C6H14N.Ti/c1-5(2)6(3,4)7;/h5,7H,1-4H3;/q-1;+1. The first-order valence-electron chi connectivity index (χ1n) is 2.94. The predicted octanol–water partition coefficient (Wildman–Crippen LogP) is 1.47. The Morgan fingerprint density at radius 1 is 1.38 bits per heavy atom. The fourth-order valence-electron chi connectivity index (χ4n) is 0.144. The summed E-state index contributed by atoms with van der Waals surface area (Å²) in [4.78, 5) is 0. The number of nitrogens with one attached hydrogen (secondary N) is 1. The SMILES string of the molecule is CC(C)C(C)(C)[NH][Ti]. The minimum absolute atomic E-state index is 0.292. The van der Waals surface area contributed by atoms with Crippen LogP contribution >= 0.6 is 0 Å². The summed E-state index contributed by atoms with van der Waals surface area (Å²) in [6, 6.07) is 0. The summed E-state index contributed by atoms with van der Waals surface area (Å²) in [5.41, 5.74) is 0.292. The summed E-state index contributed by atoms with van der Waals surface area (Å²) in [6.07, 6.45) is 0. The average molecular weight is 148 g/mol. The molecule has 0 rings (SSSR count). The van der Waals surface area contributed by atoms with Crippen molar-refractivity contribution in [3.63, 3.8) is 0 Å². The Morgan fingerprint density at radius 2 is 1.75 bits per heavy atom. The summed E-state index contributed by atoms with van der Waals surface area (Å²) in [7, 11) is 0. The maximum atomic E-state index is 3.24. The zero-order valence-electron chi connectivity index (χ0n) is 6.08. The molecule has 2 heteroatoms. The molecule has 0 aliphatic heterocycles. The predicted molar refractivity (Wildman–Crippen MR) is 32.1 cm³/mol. The van der Waals surface area contributed by atoms with E-state index >= 15 is 0 Å². The molecule has 0 fully saturated rings. The van der Waals surface area contributed by atoms with Gasteiger partial charge in [0.25, 0.3) is 0 Å². The van der Waals surface area contributed by atoms with Gasteiger partial charge in [-0.25, -0.2) is 0 Å². The normalized spacial score (nSPS) is 12.5. The molecular formula is C6H14NTi. The molecule has 0 amide bonds. The van der Waals surface area contributed by atoms with E-state index in [-0.39, 0.29) is 0 Å². The maximum absolute atomic E-state index is 3.24. The van der Waals surface area contributed by atoms with Gasteiger partial charge >= 0.3 is 63.6 Å². The van der Waals surface area contributed by atoms with E-state index in [2.05, 4.69) is 31.5 Å². The Kier molecular flexibility index (Phi) is 3.25. The van der Waals surface area contributed by atoms with Crippen molar-refractivity contribution in [2.45, 2.75) is 33.2 Å². The Labute approximate surface area is 63.9 Å². The second kappa shape index (κ2) is 3.00. The van der Waals surface area contributed by atoms with Crippen LogP contribution in [0.5, 0.6) is 0 Å². The average Bonchev–Trinajstić information content (AvgIpc) is 1.67. The molecule has 8 heavy (non-hydrogen) atoms. The topological polar surface area (TPSA) is 12.0 Å². The van der Waals surface area contributed by atoms with Gasteiger partial charge in [-0.15, -0.1) is 0 Å². The summed E-state index contributed by atoms with van der Waals surface area (Å²) < 4.78 is 3.24. The van der Waals surface area contributed by atoms with Crippen molar-refractivity contribution < 1.29 is 20.7 Å². The third-order valence-electron chi connectivity index (χ3n) is 1.77. The number of hydrogen-bond acceptors (Lipinski definition) is 1. The van der Waals surface area contributed by atoms with Gasteiger partial charge in [-0.3, -0.25) is 0 Å². The molecular weight excluding hydrogens is 134 g/mol. The molecule has 0 aromatic heterocycles.